The number of hydrogen-bond acceptors (Lipinski definition) is 5. The fourth-order valence-electron chi connectivity index (χ4n) is 2.06. The van der Waals surface area contributed by atoms with Crippen molar-refractivity contribution in [1.29, 1.82) is 0 Å². The average molecular weight is 288 g/mol. The van der Waals surface area contributed by atoms with E-state index in [2.05, 4.69) is 4.98 Å². The van der Waals surface area contributed by atoms with Crippen LogP contribution in [0.15, 0.2) is 29.2 Å². The van der Waals surface area contributed by atoms with Crippen molar-refractivity contribution in [1.82, 2.24) is 9.38 Å². The molecule has 0 aliphatic rings. The molecule has 6 heteroatoms. The summed E-state index contributed by atoms with van der Waals surface area (Å²) in [5.41, 5.74) is 1.45. The molecule has 102 valence electrons. The van der Waals surface area contributed by atoms with Crippen molar-refractivity contribution < 1.29 is 9.53 Å². The Morgan fingerprint density at radius 3 is 3.00 bits per heavy atom. The molecule has 0 unspecified atom stereocenters. The first-order chi connectivity index (χ1) is 9.61. The maximum atomic E-state index is 12.4. The van der Waals surface area contributed by atoms with E-state index in [9.17, 15) is 9.59 Å². The minimum Gasteiger partial charge on any atom is -0.462 e. The van der Waals surface area contributed by atoms with Gasteiger partial charge < -0.3 is 4.74 Å². The lowest BCUT2D eigenvalue weighted by molar-refractivity contribution is 0.0523. The molecule has 3 aromatic rings. The van der Waals surface area contributed by atoms with E-state index >= 15 is 0 Å². The van der Waals surface area contributed by atoms with Crippen LogP contribution in [0.5, 0.6) is 0 Å². The van der Waals surface area contributed by atoms with Crippen LogP contribution in [0.2, 0.25) is 0 Å². The van der Waals surface area contributed by atoms with Gasteiger partial charge in [-0.2, -0.15) is 0 Å². The van der Waals surface area contributed by atoms with Crippen molar-refractivity contribution in [2.45, 2.75) is 13.8 Å². The Kier molecular flexibility index (Phi) is 3.02. The van der Waals surface area contributed by atoms with E-state index in [4.69, 9.17) is 4.74 Å². The largest absolute Gasteiger partial charge is 0.462 e. The van der Waals surface area contributed by atoms with Crippen LogP contribution in [0, 0.1) is 6.92 Å². The van der Waals surface area contributed by atoms with Gasteiger partial charge in [0.05, 0.1) is 23.0 Å². The zero-order valence-electron chi connectivity index (χ0n) is 11.0. The molecule has 0 fully saturated rings. The van der Waals surface area contributed by atoms with Crippen molar-refractivity contribution in [3.8, 4) is 0 Å². The van der Waals surface area contributed by atoms with Gasteiger partial charge in [-0.3, -0.25) is 9.20 Å². The van der Waals surface area contributed by atoms with E-state index in [0.29, 0.717) is 4.96 Å². The highest BCUT2D eigenvalue weighted by molar-refractivity contribution is 7.23. The molecule has 20 heavy (non-hydrogen) atoms. The van der Waals surface area contributed by atoms with Gasteiger partial charge in [-0.15, -0.1) is 0 Å². The number of nitrogens with zero attached hydrogens (tertiary/aromatic N) is 2. The van der Waals surface area contributed by atoms with Gasteiger partial charge in [0.2, 0.25) is 0 Å². The van der Waals surface area contributed by atoms with E-state index in [1.54, 1.807) is 6.92 Å². The number of fused-ring (bicyclic) bond motifs is 3. The summed E-state index contributed by atoms with van der Waals surface area (Å²) in [6.07, 6.45) is 1.29. The Bertz CT molecular complexity index is 879. The minimum absolute atomic E-state index is 0.0374. The molecule has 2 aromatic heterocycles. The fourth-order valence-corrected chi connectivity index (χ4v) is 3.14. The van der Waals surface area contributed by atoms with E-state index in [1.807, 2.05) is 25.1 Å². The molecule has 0 saturated heterocycles. The number of esters is 1. The monoisotopic (exact) mass is 288 g/mol. The Morgan fingerprint density at radius 2 is 2.25 bits per heavy atom. The fraction of sp³-hybridized carbons (Fsp3) is 0.214. The number of hydrogen-bond donors (Lipinski definition) is 0. The summed E-state index contributed by atoms with van der Waals surface area (Å²) >= 11 is 1.42. The van der Waals surface area contributed by atoms with Crippen molar-refractivity contribution in [3.05, 3.63) is 45.9 Å². The van der Waals surface area contributed by atoms with Crippen LogP contribution in [0.4, 0.5) is 0 Å². The summed E-state index contributed by atoms with van der Waals surface area (Å²) in [6.45, 7) is 3.92. The molecular weight excluding hydrogens is 276 g/mol. The summed E-state index contributed by atoms with van der Waals surface area (Å²) < 4.78 is 7.31. The molecular formula is C14H12N2O3S. The molecule has 0 aliphatic heterocycles. The first-order valence-electron chi connectivity index (χ1n) is 6.20. The molecule has 0 atom stereocenters. The van der Waals surface area contributed by atoms with Gasteiger partial charge in [-0.25, -0.2) is 9.78 Å². The second-order valence-corrected chi connectivity index (χ2v) is 5.40. The van der Waals surface area contributed by atoms with E-state index in [1.165, 1.54) is 21.9 Å². The molecule has 0 saturated carbocycles. The Balaban J connectivity index is 2.34. The first kappa shape index (κ1) is 12.8. The smallest absolute Gasteiger partial charge is 0.345 e. The Hall–Kier alpha value is -2.21. The molecule has 0 radical (unpaired) electrons. The van der Waals surface area contributed by atoms with Gasteiger partial charge in [0.25, 0.3) is 5.56 Å². The Labute approximate surface area is 118 Å². The third-order valence-electron chi connectivity index (χ3n) is 2.98. The summed E-state index contributed by atoms with van der Waals surface area (Å²) in [7, 11) is 0. The van der Waals surface area contributed by atoms with Gasteiger partial charge in [0, 0.05) is 0 Å². The van der Waals surface area contributed by atoms with Crippen LogP contribution in [0.3, 0.4) is 0 Å². The summed E-state index contributed by atoms with van der Waals surface area (Å²) in [5.74, 6) is -0.633. The van der Waals surface area contributed by atoms with Crippen molar-refractivity contribution in [3.63, 3.8) is 0 Å². The number of rotatable bonds is 2. The maximum absolute atomic E-state index is 12.4. The number of carbonyl (C=O) groups excluding carboxylic acids is 1. The van der Waals surface area contributed by atoms with Crippen LogP contribution in [0.1, 0.15) is 22.8 Å². The van der Waals surface area contributed by atoms with E-state index in [-0.39, 0.29) is 17.7 Å². The zero-order chi connectivity index (χ0) is 14.3. The second kappa shape index (κ2) is 4.72. The predicted molar refractivity (Wildman–Crippen MR) is 77.5 cm³/mol. The normalized spacial score (nSPS) is 11.1. The summed E-state index contributed by atoms with van der Waals surface area (Å²) in [6, 6.07) is 5.79. The number of benzene rings is 1. The highest BCUT2D eigenvalue weighted by Gasteiger charge is 2.17. The number of ether oxygens (including phenoxy) is 1. The van der Waals surface area contributed by atoms with Crippen molar-refractivity contribution >= 4 is 32.5 Å². The highest BCUT2D eigenvalue weighted by Crippen LogP contribution is 2.24. The van der Waals surface area contributed by atoms with Crippen molar-refractivity contribution in [2.75, 3.05) is 6.61 Å². The summed E-state index contributed by atoms with van der Waals surface area (Å²) in [5, 5.41) is 0. The summed E-state index contributed by atoms with van der Waals surface area (Å²) in [4.78, 5) is 28.9. The first-order valence-corrected chi connectivity index (χ1v) is 7.01. The minimum atomic E-state index is -0.633. The molecule has 0 aliphatic carbocycles. The third-order valence-corrected chi connectivity index (χ3v) is 4.00. The lowest BCUT2D eigenvalue weighted by atomic mass is 10.2. The molecule has 3 rings (SSSR count). The van der Waals surface area contributed by atoms with Gasteiger partial charge in [0.1, 0.15) is 5.56 Å². The standard InChI is InChI=1S/C14H12N2O3S/c1-3-19-13(18)9-7-15-14-16(12(9)17)10-5-4-8(2)6-11(10)20-14/h4-7H,3H2,1-2H3. The lowest BCUT2D eigenvalue weighted by Crippen LogP contribution is -2.23. The topological polar surface area (TPSA) is 60.7 Å². The average Bonchev–Trinajstić information content (AvgIpc) is 2.77. The van der Waals surface area contributed by atoms with Crippen LogP contribution in [-0.2, 0) is 4.74 Å². The second-order valence-electron chi connectivity index (χ2n) is 4.39. The quantitative estimate of drug-likeness (QED) is 0.679. The number of carbonyl (C=O) groups is 1. The molecule has 5 nitrogen and oxygen atoms in total. The van der Waals surface area contributed by atoms with Gasteiger partial charge >= 0.3 is 5.97 Å². The SMILES string of the molecule is CCOC(=O)c1cnc2sc3cc(C)ccc3n2c1=O. The molecule has 1 aromatic carbocycles. The van der Waals surface area contributed by atoms with Crippen molar-refractivity contribution in [2.24, 2.45) is 0 Å². The number of aryl methyl sites for hydroxylation is 1. The lowest BCUT2D eigenvalue weighted by Gasteiger charge is -2.01. The van der Waals surface area contributed by atoms with Gasteiger partial charge in [-0.1, -0.05) is 17.4 Å². The highest BCUT2D eigenvalue weighted by atomic mass is 32.1. The van der Waals surface area contributed by atoms with Crippen LogP contribution in [-0.4, -0.2) is 22.0 Å². The van der Waals surface area contributed by atoms with Gasteiger partial charge in [0.15, 0.2) is 4.96 Å². The zero-order valence-corrected chi connectivity index (χ0v) is 11.9. The molecule has 0 amide bonds. The van der Waals surface area contributed by atoms with Gasteiger partial charge in [-0.05, 0) is 31.5 Å². The van der Waals surface area contributed by atoms with E-state index < -0.39 is 5.97 Å². The third kappa shape index (κ3) is 1.89. The number of thiazole rings is 1. The molecule has 0 N–H and O–H groups in total. The van der Waals surface area contributed by atoms with Crippen LogP contribution >= 0.6 is 11.3 Å². The molecule has 2 heterocycles. The predicted octanol–water partition coefficient (Wildman–Crippen LogP) is 2.39. The Morgan fingerprint density at radius 1 is 1.45 bits per heavy atom. The van der Waals surface area contributed by atoms with Crippen LogP contribution in [0.25, 0.3) is 15.2 Å². The maximum Gasteiger partial charge on any atom is 0.345 e. The number of aromatic nitrogens is 2. The molecule has 0 bridgehead atoms. The van der Waals surface area contributed by atoms with E-state index in [0.717, 1.165) is 15.8 Å². The molecule has 0 spiro atoms. The van der Waals surface area contributed by atoms with Crippen LogP contribution < -0.4 is 5.56 Å².